The summed E-state index contributed by atoms with van der Waals surface area (Å²) >= 11 is 0. The van der Waals surface area contributed by atoms with E-state index in [0.29, 0.717) is 5.56 Å². The molecule has 3 atom stereocenters. The molecule has 8 nitrogen and oxygen atoms in total. The van der Waals surface area contributed by atoms with E-state index < -0.39 is 30.0 Å². The Labute approximate surface area is 198 Å². The summed E-state index contributed by atoms with van der Waals surface area (Å²) in [5.74, 6) is -2.89. The van der Waals surface area contributed by atoms with E-state index in [1.165, 1.54) is 39.3 Å². The minimum atomic E-state index is -1.05. The predicted molar refractivity (Wildman–Crippen MR) is 123 cm³/mol. The number of hydrogen-bond donors (Lipinski definition) is 1. The first-order valence-corrected chi connectivity index (χ1v) is 10.9. The van der Waals surface area contributed by atoms with Gasteiger partial charge in [-0.3, -0.25) is 9.59 Å². The van der Waals surface area contributed by atoms with Crippen molar-refractivity contribution in [2.45, 2.75) is 59.6 Å². The van der Waals surface area contributed by atoms with Gasteiger partial charge in [-0.15, -0.1) is 0 Å². The monoisotopic (exact) mass is 474 g/mol. The smallest absolute Gasteiger partial charge is 0.328 e. The van der Waals surface area contributed by atoms with E-state index in [9.17, 15) is 18.8 Å². The molecule has 9 heteroatoms. The van der Waals surface area contributed by atoms with Gasteiger partial charge in [-0.1, -0.05) is 26.0 Å². The second kappa shape index (κ2) is 11.6. The molecule has 0 bridgehead atoms. The average Bonchev–Trinajstić information content (AvgIpc) is 2.74. The first-order chi connectivity index (χ1) is 16.0. The highest BCUT2D eigenvalue weighted by Gasteiger charge is 2.31. The average molecular weight is 475 g/mol. The third kappa shape index (κ3) is 6.52. The maximum atomic E-state index is 14.6. The van der Waals surface area contributed by atoms with Crippen molar-refractivity contribution >= 4 is 17.8 Å². The molecule has 34 heavy (non-hydrogen) atoms. The van der Waals surface area contributed by atoms with Gasteiger partial charge in [0.1, 0.15) is 18.0 Å². The zero-order chi connectivity index (χ0) is 25.6. The van der Waals surface area contributed by atoms with Crippen molar-refractivity contribution in [1.29, 1.82) is 0 Å². The number of aryl methyl sites for hydroxylation is 1. The largest absolute Gasteiger partial charge is 0.493 e. The van der Waals surface area contributed by atoms with Gasteiger partial charge in [-0.25, -0.2) is 14.2 Å². The molecule has 184 valence electrons. The number of nitrogens with zero attached hydrogens (tertiary/aromatic N) is 1. The minimum absolute atomic E-state index is 0.0165. The molecule has 0 saturated heterocycles. The van der Waals surface area contributed by atoms with Crippen LogP contribution in [0.3, 0.4) is 0 Å². The zero-order valence-electron chi connectivity index (χ0n) is 20.5. The fraction of sp³-hybridized carbons (Fsp3) is 0.440. The van der Waals surface area contributed by atoms with Crippen LogP contribution in [0.4, 0.5) is 4.39 Å². The van der Waals surface area contributed by atoms with Crippen molar-refractivity contribution in [3.05, 3.63) is 53.1 Å². The summed E-state index contributed by atoms with van der Waals surface area (Å²) in [5, 5.41) is 2.50. The summed E-state index contributed by atoms with van der Waals surface area (Å²) in [5.41, 5.74) is 1.04. The number of hydrogen-bond acceptors (Lipinski definition) is 7. The van der Waals surface area contributed by atoms with E-state index in [4.69, 9.17) is 14.2 Å². The molecule has 1 aromatic carbocycles. The van der Waals surface area contributed by atoms with Crippen molar-refractivity contribution in [3.8, 4) is 11.5 Å². The molecule has 0 radical (unpaired) electrons. The third-order valence-corrected chi connectivity index (χ3v) is 5.29. The van der Waals surface area contributed by atoms with Crippen LogP contribution in [-0.2, 0) is 14.3 Å². The Bertz CT molecular complexity index is 1060. The quantitative estimate of drug-likeness (QED) is 0.549. The lowest BCUT2D eigenvalue weighted by Gasteiger charge is -2.29. The maximum absolute atomic E-state index is 14.6. The Morgan fingerprint density at radius 2 is 1.76 bits per heavy atom. The van der Waals surface area contributed by atoms with Crippen LogP contribution >= 0.6 is 0 Å². The van der Waals surface area contributed by atoms with Gasteiger partial charge < -0.3 is 19.5 Å². The van der Waals surface area contributed by atoms with E-state index in [-0.39, 0.29) is 34.8 Å². The molecular formula is C25H31FN2O6. The van der Waals surface area contributed by atoms with Crippen LogP contribution in [0.1, 0.15) is 62.2 Å². The Morgan fingerprint density at radius 1 is 1.09 bits per heavy atom. The molecule has 0 aliphatic rings. The highest BCUT2D eigenvalue weighted by molar-refractivity contribution is 5.98. The number of methoxy groups -OCH3 is 1. The van der Waals surface area contributed by atoms with Crippen LogP contribution in [0.15, 0.2) is 30.5 Å². The van der Waals surface area contributed by atoms with Gasteiger partial charge in [0.15, 0.2) is 11.4 Å². The number of halogens is 1. The van der Waals surface area contributed by atoms with Gasteiger partial charge in [0.2, 0.25) is 5.75 Å². The molecule has 1 aromatic heterocycles. The van der Waals surface area contributed by atoms with E-state index in [0.717, 1.165) is 5.56 Å². The molecule has 0 saturated carbocycles. The van der Waals surface area contributed by atoms with Crippen LogP contribution in [0.25, 0.3) is 0 Å². The highest BCUT2D eigenvalue weighted by Crippen LogP contribution is 2.32. The Kier molecular flexibility index (Phi) is 9.11. The molecule has 1 amide bonds. The summed E-state index contributed by atoms with van der Waals surface area (Å²) in [7, 11) is 1.35. The molecule has 0 aliphatic heterocycles. The fourth-order valence-corrected chi connectivity index (χ4v) is 3.73. The molecule has 2 aromatic rings. The van der Waals surface area contributed by atoms with Crippen LogP contribution in [-0.4, -0.2) is 42.1 Å². The number of amides is 1. The molecule has 0 fully saturated rings. The second-order valence-corrected chi connectivity index (χ2v) is 8.42. The number of aromatic nitrogens is 1. The van der Waals surface area contributed by atoms with Crippen molar-refractivity contribution < 1.29 is 33.0 Å². The van der Waals surface area contributed by atoms with Gasteiger partial charge in [0.05, 0.1) is 7.11 Å². The molecule has 2 rings (SSSR count). The number of pyridine rings is 1. The molecule has 1 N–H and O–H groups in total. The van der Waals surface area contributed by atoms with Gasteiger partial charge in [-0.05, 0) is 43.9 Å². The lowest BCUT2D eigenvalue weighted by molar-refractivity contribution is -0.151. The van der Waals surface area contributed by atoms with Crippen LogP contribution in [0, 0.1) is 18.7 Å². The lowest BCUT2D eigenvalue weighted by atomic mass is 9.83. The summed E-state index contributed by atoms with van der Waals surface area (Å²) in [4.78, 5) is 40.9. The molecular weight excluding hydrogens is 443 g/mol. The molecule has 0 unspecified atom stereocenters. The number of rotatable bonds is 9. The summed E-state index contributed by atoms with van der Waals surface area (Å²) in [6, 6.07) is 5.35. The SMILES string of the molecule is COc1ccnc(C(=O)N[C@@H](C)C(=O)O[C@@H](C)[C@@H](c2ccc(C)cc2F)C(C)C)c1OC(C)=O. The number of benzene rings is 1. The van der Waals surface area contributed by atoms with Gasteiger partial charge >= 0.3 is 11.9 Å². The number of ether oxygens (including phenoxy) is 3. The van der Waals surface area contributed by atoms with E-state index in [1.54, 1.807) is 19.9 Å². The van der Waals surface area contributed by atoms with Gasteiger partial charge in [0, 0.05) is 25.1 Å². The van der Waals surface area contributed by atoms with Crippen molar-refractivity contribution in [3.63, 3.8) is 0 Å². The first kappa shape index (κ1) is 26.8. The fourth-order valence-electron chi connectivity index (χ4n) is 3.73. The van der Waals surface area contributed by atoms with Gasteiger partial charge in [0.25, 0.3) is 5.91 Å². The van der Waals surface area contributed by atoms with Crippen LogP contribution in [0.2, 0.25) is 0 Å². The topological polar surface area (TPSA) is 104 Å². The van der Waals surface area contributed by atoms with E-state index >= 15 is 0 Å². The highest BCUT2D eigenvalue weighted by atomic mass is 19.1. The maximum Gasteiger partial charge on any atom is 0.328 e. The lowest BCUT2D eigenvalue weighted by Crippen LogP contribution is -2.42. The summed E-state index contributed by atoms with van der Waals surface area (Å²) in [6.07, 6.45) is 0.658. The Hall–Kier alpha value is -3.49. The number of nitrogens with one attached hydrogen (secondary N) is 1. The zero-order valence-corrected chi connectivity index (χ0v) is 20.5. The van der Waals surface area contributed by atoms with E-state index in [2.05, 4.69) is 10.3 Å². The molecule has 1 heterocycles. The normalized spacial score (nSPS) is 13.6. The molecule has 0 aliphatic carbocycles. The second-order valence-electron chi connectivity index (χ2n) is 8.42. The van der Waals surface area contributed by atoms with Crippen molar-refractivity contribution in [2.75, 3.05) is 7.11 Å². The van der Waals surface area contributed by atoms with Crippen molar-refractivity contribution in [2.24, 2.45) is 5.92 Å². The van der Waals surface area contributed by atoms with Gasteiger partial charge in [-0.2, -0.15) is 0 Å². The summed E-state index contributed by atoms with van der Waals surface area (Å²) in [6.45, 7) is 9.97. The standard InChI is InChI=1S/C25H31FN2O6/c1-13(2)21(18-9-8-14(3)12-19(18)26)16(5)33-25(31)15(4)28-24(30)22-23(34-17(6)29)20(32-7)10-11-27-22/h8-13,15-16,21H,1-7H3,(H,28,30)/t15-,16-,21-/m0/s1. The Morgan fingerprint density at radius 3 is 2.32 bits per heavy atom. The predicted octanol–water partition coefficient (Wildman–Crippen LogP) is 3.95. The van der Waals surface area contributed by atoms with Crippen LogP contribution in [0.5, 0.6) is 11.5 Å². The van der Waals surface area contributed by atoms with E-state index in [1.807, 2.05) is 19.9 Å². The van der Waals surface area contributed by atoms with Crippen LogP contribution < -0.4 is 14.8 Å². The Balaban J connectivity index is 2.16. The molecule has 0 spiro atoms. The minimum Gasteiger partial charge on any atom is -0.493 e. The third-order valence-electron chi connectivity index (χ3n) is 5.29. The number of carbonyl (C=O) groups is 3. The van der Waals surface area contributed by atoms with Crippen molar-refractivity contribution in [1.82, 2.24) is 10.3 Å². The number of esters is 2. The summed E-state index contributed by atoms with van der Waals surface area (Å²) < 4.78 is 30.4. The number of carbonyl (C=O) groups excluding carboxylic acids is 3. The first-order valence-electron chi connectivity index (χ1n) is 10.9.